The van der Waals surface area contributed by atoms with Gasteiger partial charge in [0.1, 0.15) is 11.1 Å². The molecule has 0 aliphatic heterocycles. The monoisotopic (exact) mass is 188 g/mol. The van der Waals surface area contributed by atoms with Gasteiger partial charge < -0.3 is 4.18 Å². The fourth-order valence-corrected chi connectivity index (χ4v) is 1.81. The maximum atomic E-state index is 10.0. The zero-order valence-electron chi connectivity index (χ0n) is 3.99. The predicted molar refractivity (Wildman–Crippen MR) is 43.5 cm³/mol. The van der Waals surface area contributed by atoms with Crippen molar-refractivity contribution in [3.8, 4) is 0 Å². The molecular weight excluding hydrogens is 184 g/mol. The van der Waals surface area contributed by atoms with Gasteiger partial charge in [-0.05, 0) is 9.83 Å². The van der Waals surface area contributed by atoms with Gasteiger partial charge in [0, 0.05) is 16.7 Å². The summed E-state index contributed by atoms with van der Waals surface area (Å²) in [5.41, 5.74) is 0. The van der Waals surface area contributed by atoms with Crippen molar-refractivity contribution < 1.29 is 8.98 Å². The third-order valence-corrected chi connectivity index (χ3v) is 3.87. The third kappa shape index (κ3) is 6.87. The van der Waals surface area contributed by atoms with Gasteiger partial charge in [-0.1, -0.05) is 11.7 Å². The van der Waals surface area contributed by atoms with Crippen LogP contribution in [0.25, 0.3) is 0 Å². The minimum absolute atomic E-state index is 0.287. The minimum Gasteiger partial charge on any atom is -0.379 e. The molecule has 0 unspecified atom stereocenters. The van der Waals surface area contributed by atoms with Gasteiger partial charge in [0.05, 0.1) is 0 Å². The van der Waals surface area contributed by atoms with Crippen molar-refractivity contribution in [2.24, 2.45) is 0 Å². The van der Waals surface area contributed by atoms with Crippen LogP contribution in [0, 0.1) is 0 Å². The molecule has 0 N–H and O–H groups in total. The van der Waals surface area contributed by atoms with Crippen LogP contribution < -0.4 is 0 Å². The zero-order chi connectivity index (χ0) is 6.41. The van der Waals surface area contributed by atoms with Gasteiger partial charge in [-0.2, -0.15) is 0 Å². The van der Waals surface area contributed by atoms with Crippen molar-refractivity contribution in [1.82, 2.24) is 0 Å². The first-order chi connectivity index (χ1) is 3.77. The molecule has 0 radical (unpaired) electrons. The van der Waals surface area contributed by atoms with Crippen molar-refractivity contribution >= 4 is 48.4 Å². The summed E-state index contributed by atoms with van der Waals surface area (Å²) in [7, 11) is 2.53. The van der Waals surface area contributed by atoms with Crippen LogP contribution in [0.15, 0.2) is 0 Å². The molecule has 0 saturated carbocycles. The summed E-state index contributed by atoms with van der Waals surface area (Å²) in [4.78, 5) is 10.0. The highest BCUT2D eigenvalue weighted by Crippen LogP contribution is 2.37. The molecule has 0 amide bonds. The van der Waals surface area contributed by atoms with E-state index in [0.717, 1.165) is 11.1 Å². The zero-order valence-corrected chi connectivity index (χ0v) is 7.33. The summed E-state index contributed by atoms with van der Waals surface area (Å²) in [5.74, 6) is -0.287. The van der Waals surface area contributed by atoms with Crippen molar-refractivity contribution in [2.75, 3.05) is 0 Å². The highest BCUT2D eigenvalue weighted by molar-refractivity contribution is 9.23. The Morgan fingerprint density at radius 1 is 1.75 bits per heavy atom. The molecule has 0 aromatic carbocycles. The van der Waals surface area contributed by atoms with E-state index in [0.29, 0.717) is 0 Å². The molecule has 2 nitrogen and oxygen atoms in total. The Bertz CT molecular complexity index is 74.4. The topological polar surface area (TPSA) is 26.3 Å². The van der Waals surface area contributed by atoms with Gasteiger partial charge in [-0.25, -0.2) is 0 Å². The van der Waals surface area contributed by atoms with E-state index in [1.165, 1.54) is 26.6 Å². The largest absolute Gasteiger partial charge is 0.379 e. The maximum absolute atomic E-state index is 10.0. The van der Waals surface area contributed by atoms with E-state index in [1.54, 1.807) is 0 Å². The van der Waals surface area contributed by atoms with Crippen LogP contribution in [0.3, 0.4) is 0 Å². The molecular formula is C2H4O2S4. The summed E-state index contributed by atoms with van der Waals surface area (Å²) in [6.45, 7) is 1.36. The van der Waals surface area contributed by atoms with Gasteiger partial charge in [-0.15, -0.1) is 0 Å². The smallest absolute Gasteiger partial charge is 0.315 e. The van der Waals surface area contributed by atoms with E-state index in [2.05, 4.69) is 15.8 Å². The lowest BCUT2D eigenvalue weighted by atomic mass is 10.9. The lowest BCUT2D eigenvalue weighted by molar-refractivity contribution is -0.130. The van der Waals surface area contributed by atoms with Gasteiger partial charge >= 0.3 is 5.97 Å². The standard InChI is InChI=1S/C2H4O2S4/c1-2(3)4-6-8-7-5/h5H,1H3. The Labute approximate surface area is 64.3 Å². The van der Waals surface area contributed by atoms with Crippen molar-refractivity contribution in [3.05, 3.63) is 0 Å². The Hall–Kier alpha value is 0.870. The second-order valence-electron chi connectivity index (χ2n) is 0.786. The average Bonchev–Trinajstić information content (AvgIpc) is 1.66. The fourth-order valence-electron chi connectivity index (χ4n) is 0.0742. The molecule has 0 bridgehead atoms. The summed E-state index contributed by atoms with van der Waals surface area (Å²) in [6, 6.07) is 0. The number of rotatable bonds is 3. The summed E-state index contributed by atoms with van der Waals surface area (Å²) in [6.07, 6.45) is 0. The molecule has 0 saturated heterocycles. The SMILES string of the molecule is CC(=O)OSSSS. The van der Waals surface area contributed by atoms with E-state index in [1.807, 2.05) is 0 Å². The van der Waals surface area contributed by atoms with Crippen molar-refractivity contribution in [3.63, 3.8) is 0 Å². The molecule has 8 heavy (non-hydrogen) atoms. The van der Waals surface area contributed by atoms with E-state index < -0.39 is 0 Å². The molecule has 0 atom stereocenters. The summed E-state index contributed by atoms with van der Waals surface area (Å²) < 4.78 is 4.45. The second kappa shape index (κ2) is 6.00. The van der Waals surface area contributed by atoms with Crippen LogP contribution in [0.4, 0.5) is 0 Å². The van der Waals surface area contributed by atoms with Crippen LogP contribution in [0.1, 0.15) is 6.92 Å². The molecule has 0 aliphatic rings. The highest BCUT2D eigenvalue weighted by Gasteiger charge is 1.91. The van der Waals surface area contributed by atoms with Gasteiger partial charge in [0.25, 0.3) is 0 Å². The van der Waals surface area contributed by atoms with Crippen LogP contribution in [0.5, 0.6) is 0 Å². The lowest BCUT2D eigenvalue weighted by Crippen LogP contribution is -1.85. The van der Waals surface area contributed by atoms with E-state index in [4.69, 9.17) is 0 Å². The Kier molecular flexibility index (Phi) is 6.65. The fraction of sp³-hybridized carbons (Fsp3) is 0.500. The lowest BCUT2D eigenvalue weighted by Gasteiger charge is -1.91. The number of hydrogen-bond donors (Lipinski definition) is 1. The molecule has 0 fully saturated rings. The first-order valence-corrected chi connectivity index (χ1v) is 6.05. The van der Waals surface area contributed by atoms with Gasteiger partial charge in [-0.3, -0.25) is 4.79 Å². The molecule has 0 heterocycles. The van der Waals surface area contributed by atoms with Crippen LogP contribution in [0.2, 0.25) is 0 Å². The third-order valence-electron chi connectivity index (χ3n) is 0.210. The number of hydrogen-bond acceptors (Lipinski definition) is 6. The summed E-state index contributed by atoms with van der Waals surface area (Å²) >= 11 is 4.81. The van der Waals surface area contributed by atoms with Crippen LogP contribution in [-0.4, -0.2) is 5.97 Å². The van der Waals surface area contributed by atoms with E-state index in [-0.39, 0.29) is 5.97 Å². The Balaban J connectivity index is 2.82. The first kappa shape index (κ1) is 8.87. The average molecular weight is 188 g/mol. The highest BCUT2D eigenvalue weighted by atomic mass is 33.7. The predicted octanol–water partition coefficient (Wildman–Crippen LogP) is 2.34. The minimum atomic E-state index is -0.287. The first-order valence-electron chi connectivity index (χ1n) is 1.59. The molecule has 6 heteroatoms. The van der Waals surface area contributed by atoms with E-state index in [9.17, 15) is 4.79 Å². The van der Waals surface area contributed by atoms with Gasteiger partial charge in [0.15, 0.2) is 0 Å². The number of carbonyl (C=O) groups excluding carboxylic acids is 1. The van der Waals surface area contributed by atoms with Crippen molar-refractivity contribution in [2.45, 2.75) is 6.92 Å². The Morgan fingerprint density at radius 2 is 2.38 bits per heavy atom. The number of carbonyl (C=O) groups is 1. The molecule has 0 spiro atoms. The van der Waals surface area contributed by atoms with Crippen LogP contribution >= 0.6 is 42.4 Å². The van der Waals surface area contributed by atoms with Crippen LogP contribution in [-0.2, 0) is 8.98 Å². The molecule has 0 rings (SSSR count). The summed E-state index contributed by atoms with van der Waals surface area (Å²) in [5, 5.41) is 0. The number of thiol groups is 1. The van der Waals surface area contributed by atoms with Crippen molar-refractivity contribution in [1.29, 1.82) is 0 Å². The molecule has 48 valence electrons. The Morgan fingerprint density at radius 3 is 2.75 bits per heavy atom. The maximum Gasteiger partial charge on any atom is 0.315 e. The molecule has 0 aliphatic carbocycles. The second-order valence-corrected chi connectivity index (χ2v) is 5.20. The van der Waals surface area contributed by atoms with E-state index >= 15 is 0 Å². The quantitative estimate of drug-likeness (QED) is 0.317. The normalized spacial score (nSPS) is 8.75. The molecule has 0 aromatic heterocycles. The molecule has 0 aromatic rings. The van der Waals surface area contributed by atoms with Gasteiger partial charge in [0.2, 0.25) is 0 Å².